The first-order chi connectivity index (χ1) is 9.15. The number of hydrogen-bond acceptors (Lipinski definition) is 2. The van der Waals surface area contributed by atoms with Crippen LogP contribution in [0.2, 0.25) is 10.0 Å². The summed E-state index contributed by atoms with van der Waals surface area (Å²) >= 11 is 11.9. The van der Waals surface area contributed by atoms with E-state index in [1.165, 1.54) is 5.56 Å². The molecule has 0 fully saturated rings. The monoisotopic (exact) mass is 293 g/mol. The largest absolute Gasteiger partial charge is 0.484 e. The van der Waals surface area contributed by atoms with Gasteiger partial charge in [-0.3, -0.25) is 0 Å². The topological polar surface area (TPSA) is 35.2 Å². The van der Waals surface area contributed by atoms with Crippen molar-refractivity contribution >= 4 is 23.2 Å². The summed E-state index contributed by atoms with van der Waals surface area (Å²) in [7, 11) is 0. The van der Waals surface area contributed by atoms with Crippen LogP contribution in [0.25, 0.3) is 0 Å². The fourth-order valence-corrected chi connectivity index (χ4v) is 2.72. The summed E-state index contributed by atoms with van der Waals surface area (Å²) < 4.78 is 5.98. The van der Waals surface area contributed by atoms with Gasteiger partial charge in [-0.15, -0.1) is 0 Å². The summed E-state index contributed by atoms with van der Waals surface area (Å²) in [6, 6.07) is 13.4. The van der Waals surface area contributed by atoms with Crippen LogP contribution >= 0.6 is 23.2 Å². The van der Waals surface area contributed by atoms with Gasteiger partial charge in [-0.1, -0.05) is 47.5 Å². The standard InChI is InChI=1S/C15H13Cl2NO/c16-12-6-5-10(8-13(12)17)19-15-11-4-2-1-3-9(11)7-14(15)18/h1-6,8,14-15H,7,18H2/t14-,15+/m0/s1. The molecule has 0 bridgehead atoms. The molecule has 0 unspecified atom stereocenters. The zero-order valence-electron chi connectivity index (χ0n) is 10.1. The molecule has 0 saturated heterocycles. The van der Waals surface area contributed by atoms with Gasteiger partial charge in [-0.25, -0.2) is 0 Å². The molecule has 2 aromatic carbocycles. The zero-order chi connectivity index (χ0) is 13.4. The molecule has 4 heteroatoms. The van der Waals surface area contributed by atoms with Crippen molar-refractivity contribution in [2.24, 2.45) is 5.73 Å². The minimum absolute atomic E-state index is 0.0353. The molecule has 0 aromatic heterocycles. The Bertz CT molecular complexity index is 615. The van der Waals surface area contributed by atoms with Crippen LogP contribution in [0.3, 0.4) is 0 Å². The lowest BCUT2D eigenvalue weighted by Gasteiger charge is -2.19. The Morgan fingerprint density at radius 3 is 2.63 bits per heavy atom. The molecule has 98 valence electrons. The second-order valence-corrected chi connectivity index (χ2v) is 5.50. The van der Waals surface area contributed by atoms with Gasteiger partial charge in [0.15, 0.2) is 0 Å². The van der Waals surface area contributed by atoms with Crippen molar-refractivity contribution in [1.82, 2.24) is 0 Å². The Morgan fingerprint density at radius 2 is 1.84 bits per heavy atom. The molecule has 0 radical (unpaired) electrons. The van der Waals surface area contributed by atoms with Gasteiger partial charge in [0.2, 0.25) is 0 Å². The maximum atomic E-state index is 6.16. The number of ether oxygens (including phenoxy) is 1. The third-order valence-corrected chi connectivity index (χ3v) is 4.10. The van der Waals surface area contributed by atoms with E-state index in [0.29, 0.717) is 15.8 Å². The van der Waals surface area contributed by atoms with Crippen molar-refractivity contribution in [2.75, 3.05) is 0 Å². The van der Waals surface area contributed by atoms with Crippen molar-refractivity contribution < 1.29 is 4.74 Å². The molecular weight excluding hydrogens is 281 g/mol. The Morgan fingerprint density at radius 1 is 1.05 bits per heavy atom. The molecule has 0 heterocycles. The Labute approximate surface area is 122 Å². The van der Waals surface area contributed by atoms with E-state index < -0.39 is 0 Å². The minimum atomic E-state index is -0.131. The van der Waals surface area contributed by atoms with Gasteiger partial charge in [-0.2, -0.15) is 0 Å². The van der Waals surface area contributed by atoms with E-state index in [4.69, 9.17) is 33.7 Å². The quantitative estimate of drug-likeness (QED) is 0.908. The van der Waals surface area contributed by atoms with Gasteiger partial charge in [0, 0.05) is 12.1 Å². The van der Waals surface area contributed by atoms with Gasteiger partial charge in [0.1, 0.15) is 11.9 Å². The van der Waals surface area contributed by atoms with E-state index in [-0.39, 0.29) is 12.1 Å². The maximum absolute atomic E-state index is 6.16. The van der Waals surface area contributed by atoms with Crippen LogP contribution in [-0.2, 0) is 6.42 Å². The van der Waals surface area contributed by atoms with Crippen molar-refractivity contribution in [3.05, 3.63) is 63.6 Å². The van der Waals surface area contributed by atoms with E-state index in [9.17, 15) is 0 Å². The Balaban J connectivity index is 1.89. The highest BCUT2D eigenvalue weighted by atomic mass is 35.5. The first kappa shape index (κ1) is 12.8. The average Bonchev–Trinajstić information content (AvgIpc) is 2.71. The highest BCUT2D eigenvalue weighted by Gasteiger charge is 2.31. The van der Waals surface area contributed by atoms with Gasteiger partial charge < -0.3 is 10.5 Å². The minimum Gasteiger partial charge on any atom is -0.484 e. The highest BCUT2D eigenvalue weighted by molar-refractivity contribution is 6.42. The second kappa shape index (κ2) is 5.04. The van der Waals surface area contributed by atoms with Crippen molar-refractivity contribution in [3.8, 4) is 5.75 Å². The third kappa shape index (κ3) is 2.44. The fourth-order valence-electron chi connectivity index (χ4n) is 2.44. The van der Waals surface area contributed by atoms with Gasteiger partial charge in [-0.05, 0) is 29.7 Å². The number of hydrogen-bond donors (Lipinski definition) is 1. The highest BCUT2D eigenvalue weighted by Crippen LogP contribution is 2.35. The smallest absolute Gasteiger partial charge is 0.139 e. The summed E-state index contributed by atoms with van der Waals surface area (Å²) in [5.74, 6) is 0.687. The predicted octanol–water partition coefficient (Wildman–Crippen LogP) is 4.00. The summed E-state index contributed by atoms with van der Waals surface area (Å²) in [4.78, 5) is 0. The second-order valence-electron chi connectivity index (χ2n) is 4.68. The molecular formula is C15H13Cl2NO. The first-order valence-corrected chi connectivity index (χ1v) is 6.86. The van der Waals surface area contributed by atoms with E-state index in [1.54, 1.807) is 12.1 Å². The van der Waals surface area contributed by atoms with Crippen LogP contribution in [0.4, 0.5) is 0 Å². The van der Waals surface area contributed by atoms with Crippen LogP contribution in [0, 0.1) is 0 Å². The Hall–Kier alpha value is -1.22. The van der Waals surface area contributed by atoms with E-state index in [2.05, 4.69) is 12.1 Å². The summed E-state index contributed by atoms with van der Waals surface area (Å²) in [6.07, 6.45) is 0.704. The number of benzene rings is 2. The summed E-state index contributed by atoms with van der Waals surface area (Å²) in [5.41, 5.74) is 8.56. The molecule has 2 nitrogen and oxygen atoms in total. The van der Waals surface area contributed by atoms with Gasteiger partial charge >= 0.3 is 0 Å². The molecule has 1 aliphatic rings. The SMILES string of the molecule is N[C@H]1Cc2ccccc2[C@H]1Oc1ccc(Cl)c(Cl)c1. The molecule has 19 heavy (non-hydrogen) atoms. The third-order valence-electron chi connectivity index (χ3n) is 3.36. The Kier molecular flexibility index (Phi) is 3.40. The van der Waals surface area contributed by atoms with Crippen molar-refractivity contribution in [3.63, 3.8) is 0 Å². The zero-order valence-corrected chi connectivity index (χ0v) is 11.7. The number of nitrogens with two attached hydrogens (primary N) is 1. The molecule has 1 aliphatic carbocycles. The molecule has 0 saturated carbocycles. The van der Waals surface area contributed by atoms with E-state index >= 15 is 0 Å². The predicted molar refractivity (Wildman–Crippen MR) is 78.0 cm³/mol. The number of halogens is 2. The van der Waals surface area contributed by atoms with Crippen LogP contribution < -0.4 is 10.5 Å². The summed E-state index contributed by atoms with van der Waals surface area (Å²) in [6.45, 7) is 0. The molecule has 0 aliphatic heterocycles. The van der Waals surface area contributed by atoms with Gasteiger partial charge in [0.05, 0.1) is 10.0 Å². The van der Waals surface area contributed by atoms with E-state index in [0.717, 1.165) is 12.0 Å². The average molecular weight is 294 g/mol. The van der Waals surface area contributed by atoms with Crippen LogP contribution in [0.15, 0.2) is 42.5 Å². The number of fused-ring (bicyclic) bond motifs is 1. The number of rotatable bonds is 2. The maximum Gasteiger partial charge on any atom is 0.139 e. The first-order valence-electron chi connectivity index (χ1n) is 6.10. The van der Waals surface area contributed by atoms with Crippen LogP contribution in [0.5, 0.6) is 5.75 Å². The lowest BCUT2D eigenvalue weighted by molar-refractivity contribution is 0.186. The molecule has 2 N–H and O–H groups in total. The van der Waals surface area contributed by atoms with Crippen LogP contribution in [-0.4, -0.2) is 6.04 Å². The van der Waals surface area contributed by atoms with Crippen molar-refractivity contribution in [1.29, 1.82) is 0 Å². The van der Waals surface area contributed by atoms with E-state index in [1.807, 2.05) is 18.2 Å². The van der Waals surface area contributed by atoms with Gasteiger partial charge in [0.25, 0.3) is 0 Å². The normalized spacial score (nSPS) is 21.2. The molecule has 2 aromatic rings. The lowest BCUT2D eigenvalue weighted by atomic mass is 10.1. The molecule has 0 spiro atoms. The fraction of sp³-hybridized carbons (Fsp3) is 0.200. The molecule has 3 rings (SSSR count). The van der Waals surface area contributed by atoms with Crippen molar-refractivity contribution in [2.45, 2.75) is 18.6 Å². The van der Waals surface area contributed by atoms with Crippen LogP contribution in [0.1, 0.15) is 17.2 Å². The molecule has 2 atom stereocenters. The summed E-state index contributed by atoms with van der Waals surface area (Å²) in [5, 5.41) is 1.00. The molecule has 0 amide bonds. The lowest BCUT2D eigenvalue weighted by Crippen LogP contribution is -2.28.